The summed E-state index contributed by atoms with van der Waals surface area (Å²) in [5.41, 5.74) is 20.1. The summed E-state index contributed by atoms with van der Waals surface area (Å²) < 4.78 is 29.5. The van der Waals surface area contributed by atoms with Gasteiger partial charge < -0.3 is 27.5 Å². The van der Waals surface area contributed by atoms with Crippen LogP contribution in [-0.4, -0.2) is 0 Å². The van der Waals surface area contributed by atoms with Gasteiger partial charge in [-0.3, -0.25) is 0 Å². The Morgan fingerprint density at radius 2 is 0.500 bits per heavy atom. The minimum Gasteiger partial charge on any atom is -0.459 e. The highest BCUT2D eigenvalue weighted by Crippen LogP contribution is 2.70. The molecule has 6 nitrogen and oxygen atoms in total. The summed E-state index contributed by atoms with van der Waals surface area (Å²) in [4.78, 5) is 4.83. The quantitative estimate of drug-likeness (QED) is 0.165. The van der Waals surface area contributed by atoms with Crippen LogP contribution in [0, 0.1) is 0 Å². The van der Waals surface area contributed by atoms with Gasteiger partial charge in [0.25, 0.3) is 0 Å². The molecule has 88 heavy (non-hydrogen) atoms. The molecule has 2 aliphatic heterocycles. The molecule has 3 aliphatic rings. The smallest absolute Gasteiger partial charge is 0.135 e. The number of para-hydroxylation sites is 6. The minimum atomic E-state index is -1.09. The van der Waals surface area contributed by atoms with E-state index in [9.17, 15) is 0 Å². The van der Waals surface area contributed by atoms with Gasteiger partial charge in [0.15, 0.2) is 0 Å². The maximum atomic E-state index is 8.14. The molecule has 0 bridgehead atoms. The van der Waals surface area contributed by atoms with Crippen molar-refractivity contribution in [1.29, 1.82) is 0 Å². The Bertz CT molecular complexity index is 4990. The van der Waals surface area contributed by atoms with Crippen molar-refractivity contribution in [3.05, 3.63) is 348 Å². The highest BCUT2D eigenvalue weighted by molar-refractivity contribution is 6.09. The van der Waals surface area contributed by atoms with Crippen LogP contribution in [0.5, 0.6) is 0 Å². The summed E-state index contributed by atoms with van der Waals surface area (Å²) >= 11 is 0. The second kappa shape index (κ2) is 18.5. The zero-order valence-corrected chi connectivity index (χ0v) is 47.4. The van der Waals surface area contributed by atoms with E-state index in [1.165, 1.54) is 0 Å². The van der Waals surface area contributed by atoms with E-state index in [1.807, 2.05) is 0 Å². The number of anilines is 6. The van der Waals surface area contributed by atoms with Gasteiger partial charge in [0.05, 0.1) is 22.7 Å². The van der Waals surface area contributed by atoms with Crippen molar-refractivity contribution in [3.8, 4) is 44.9 Å². The lowest BCUT2D eigenvalue weighted by atomic mass is 9.53. The van der Waals surface area contributed by atoms with Crippen LogP contribution in [0.4, 0.5) is 34.1 Å². The maximum Gasteiger partial charge on any atom is 0.135 e. The predicted molar refractivity (Wildman–Crippen MR) is 354 cm³/mol. The Labute approximate surface area is 506 Å². The van der Waals surface area contributed by atoms with E-state index in [0.717, 1.165) is 168 Å². The summed E-state index contributed by atoms with van der Waals surface area (Å²) in [6.45, 7) is 0. The topological polar surface area (TPSA) is 59.0 Å². The fourth-order valence-corrected chi connectivity index (χ4v) is 15.2. The molecule has 2 spiro atoms. The Kier molecular flexibility index (Phi) is 10.2. The molecule has 19 rings (SSSR count). The van der Waals surface area contributed by atoms with Crippen LogP contribution in [0.3, 0.4) is 0 Å². The molecule has 0 N–H and O–H groups in total. The van der Waals surface area contributed by atoms with Crippen molar-refractivity contribution in [3.63, 3.8) is 0 Å². The molecule has 0 saturated heterocycles. The first-order valence-corrected chi connectivity index (χ1v) is 30.0. The van der Waals surface area contributed by atoms with Crippen LogP contribution in [0.15, 0.2) is 321 Å². The third-order valence-corrected chi connectivity index (χ3v) is 18.9. The van der Waals surface area contributed by atoms with E-state index >= 15 is 0 Å². The van der Waals surface area contributed by atoms with Crippen LogP contribution in [0.2, 0.25) is 0 Å². The lowest BCUT2D eigenvalue weighted by Crippen LogP contribution is -2.48. The Morgan fingerprint density at radius 3 is 0.841 bits per heavy atom. The first kappa shape index (κ1) is 48.7. The Hall–Kier alpha value is -11.6. The number of benzene rings is 12. The fourth-order valence-electron chi connectivity index (χ4n) is 15.2. The van der Waals surface area contributed by atoms with Gasteiger partial charge in [0, 0.05) is 55.2 Å². The van der Waals surface area contributed by atoms with Gasteiger partial charge in [-0.15, -0.1) is 0 Å². The maximum absolute atomic E-state index is 8.14. The number of rotatable bonds is 6. The van der Waals surface area contributed by atoms with Crippen LogP contribution >= 0.6 is 0 Å². The third-order valence-electron chi connectivity index (χ3n) is 18.9. The monoisotopic (exact) mass is 1130 g/mol. The number of hydrogen-bond acceptors (Lipinski definition) is 6. The molecule has 0 amide bonds. The van der Waals surface area contributed by atoms with E-state index in [-0.39, 0.29) is 0 Å². The van der Waals surface area contributed by atoms with E-state index in [2.05, 4.69) is 313 Å². The number of nitrogens with zero attached hydrogens (tertiary/aromatic N) is 2. The van der Waals surface area contributed by atoms with Crippen molar-refractivity contribution >= 4 is 78.0 Å². The molecule has 0 saturated carbocycles. The molecule has 0 fully saturated rings. The number of hydrogen-bond donors (Lipinski definition) is 0. The average molecular weight is 1130 g/mol. The van der Waals surface area contributed by atoms with Gasteiger partial charge >= 0.3 is 0 Å². The molecule has 12 aromatic carbocycles. The zero-order valence-electron chi connectivity index (χ0n) is 47.4. The zero-order chi connectivity index (χ0) is 57.7. The van der Waals surface area contributed by atoms with Gasteiger partial charge in [-0.1, -0.05) is 182 Å². The largest absolute Gasteiger partial charge is 0.459 e. The molecule has 16 aromatic rings. The van der Waals surface area contributed by atoms with E-state index < -0.39 is 10.8 Å². The van der Waals surface area contributed by atoms with Gasteiger partial charge in [-0.2, -0.15) is 0 Å². The Balaban J connectivity index is 0.939. The normalized spacial score (nSPS) is 14.0. The summed E-state index contributed by atoms with van der Waals surface area (Å²) in [5, 5.41) is 4.11. The molecule has 0 unspecified atom stereocenters. The van der Waals surface area contributed by atoms with Gasteiger partial charge in [0.1, 0.15) is 56.2 Å². The second-order valence-electron chi connectivity index (χ2n) is 23.4. The van der Waals surface area contributed by atoms with Gasteiger partial charge in [-0.25, -0.2) is 0 Å². The Morgan fingerprint density at radius 1 is 0.216 bits per heavy atom. The number of fused-ring (bicyclic) bond motifs is 20. The van der Waals surface area contributed by atoms with Crippen LogP contribution < -0.4 is 9.80 Å². The molecule has 6 heteroatoms. The highest BCUT2D eigenvalue weighted by atomic mass is 16.4. The summed E-state index contributed by atoms with van der Waals surface area (Å²) in [7, 11) is 0. The van der Waals surface area contributed by atoms with Crippen molar-refractivity contribution < 1.29 is 17.7 Å². The van der Waals surface area contributed by atoms with Gasteiger partial charge in [0.2, 0.25) is 0 Å². The van der Waals surface area contributed by atoms with E-state index in [4.69, 9.17) is 17.7 Å². The summed E-state index contributed by atoms with van der Waals surface area (Å²) in [6.07, 6.45) is 0. The average Bonchev–Trinajstić information content (AvgIpc) is 1.29. The summed E-state index contributed by atoms with van der Waals surface area (Å²) in [5.74, 6) is 3.11. The minimum absolute atomic E-state index is 0.734. The molecule has 6 heterocycles. The van der Waals surface area contributed by atoms with Crippen LogP contribution in [-0.2, 0) is 10.8 Å². The second-order valence-corrected chi connectivity index (χ2v) is 23.4. The van der Waals surface area contributed by atoms with Crippen molar-refractivity contribution in [2.75, 3.05) is 9.80 Å². The predicted octanol–water partition coefficient (Wildman–Crippen LogP) is 22.0. The van der Waals surface area contributed by atoms with E-state index in [0.29, 0.717) is 0 Å². The fraction of sp³-hybridized carbons (Fsp3) is 0.0244. The molecule has 4 aromatic heterocycles. The summed E-state index contributed by atoms with van der Waals surface area (Å²) in [6, 6.07) is 109. The molecule has 412 valence electrons. The first-order chi connectivity index (χ1) is 43.6. The SMILES string of the molecule is c1ccc(-c2ccc3oc4ccc(-c5cc6c(o5)C5(c7ccccc7N(c7ccccc7)c7ccccc75)c5cc(-c7ccc8oc9ccc(-c%10ccccc%10)cc9c8c7)oc5C65c6ccccc6N(c6ccccc6)c6ccccc65)cc4c3c2)cc1. The number of furan rings is 4. The highest BCUT2D eigenvalue weighted by Gasteiger charge is 2.63. The molecule has 1 aliphatic carbocycles. The van der Waals surface area contributed by atoms with E-state index in [1.54, 1.807) is 0 Å². The lowest BCUT2D eigenvalue weighted by molar-refractivity contribution is 0.400. The standard InChI is InChI=1S/C82H50N2O4/c1-5-21-51(22-6-1)53-37-41-73-59(45-53)61-47-55(39-43-75(61)85-73)77-49-67-79(87-77)82(65-31-15-19-35-71(65)84(58-27-11-4-12-28-58)72-36-20-16-32-66(72)82)68-50-78(56-40-44-76-62(48-56)60-46-54(38-42-74(60)86-76)52-23-7-2-8-24-52)88-80(68)81(67)63-29-13-17-33-69(63)83(57-25-9-3-10-26-57)70-34-18-14-30-64(70)81/h1-50H. The van der Waals surface area contributed by atoms with Crippen LogP contribution in [0.25, 0.3) is 88.8 Å². The molecular formula is C82H50N2O4. The van der Waals surface area contributed by atoms with Crippen molar-refractivity contribution in [1.82, 2.24) is 0 Å². The van der Waals surface area contributed by atoms with Crippen molar-refractivity contribution in [2.24, 2.45) is 0 Å². The first-order valence-electron chi connectivity index (χ1n) is 30.0. The van der Waals surface area contributed by atoms with Crippen LogP contribution in [0.1, 0.15) is 44.9 Å². The van der Waals surface area contributed by atoms with Gasteiger partial charge in [-0.05, 0) is 166 Å². The third kappa shape index (κ3) is 6.71. The lowest BCUT2D eigenvalue weighted by Gasteiger charge is -2.52. The molecule has 0 atom stereocenters. The molecule has 0 radical (unpaired) electrons. The van der Waals surface area contributed by atoms with Crippen molar-refractivity contribution in [2.45, 2.75) is 10.8 Å². The molecular weight excluding hydrogens is 1080 g/mol.